The molecule has 0 aliphatic carbocycles. The molecule has 27 heavy (non-hydrogen) atoms. The van der Waals surface area contributed by atoms with Crippen LogP contribution in [0.2, 0.25) is 0 Å². The standard InChI is InChI=1S/C20H21N3O4/c1-13-8-16(26-21-13)9-15-11-23(12-19(15)25-2)20(24)17-10-18(27-22-17)14-6-4-3-5-7-14/h3-8,10,15,19H,9,11-12H2,1-2H3/t15-,19+/m1/s1. The number of rotatable bonds is 5. The summed E-state index contributed by atoms with van der Waals surface area (Å²) >= 11 is 0. The van der Waals surface area contributed by atoms with Crippen LogP contribution in [0, 0.1) is 12.8 Å². The lowest BCUT2D eigenvalue weighted by atomic mass is 10.0. The lowest BCUT2D eigenvalue weighted by Crippen LogP contribution is -2.30. The van der Waals surface area contributed by atoms with E-state index in [2.05, 4.69) is 10.3 Å². The average molecular weight is 367 g/mol. The van der Waals surface area contributed by atoms with Gasteiger partial charge in [-0.15, -0.1) is 0 Å². The topological polar surface area (TPSA) is 81.6 Å². The highest BCUT2D eigenvalue weighted by Crippen LogP contribution is 2.26. The van der Waals surface area contributed by atoms with Crippen molar-refractivity contribution in [2.45, 2.75) is 19.4 Å². The van der Waals surface area contributed by atoms with E-state index in [0.717, 1.165) is 17.0 Å². The van der Waals surface area contributed by atoms with E-state index in [0.29, 0.717) is 31.0 Å². The molecule has 1 aromatic carbocycles. The van der Waals surface area contributed by atoms with Crippen molar-refractivity contribution in [3.05, 3.63) is 59.6 Å². The Bertz CT molecular complexity index is 918. The highest BCUT2D eigenvalue weighted by molar-refractivity contribution is 5.93. The Morgan fingerprint density at radius 2 is 2.00 bits per heavy atom. The van der Waals surface area contributed by atoms with Gasteiger partial charge in [-0.2, -0.15) is 0 Å². The van der Waals surface area contributed by atoms with Crippen molar-refractivity contribution >= 4 is 5.91 Å². The molecule has 140 valence electrons. The summed E-state index contributed by atoms with van der Waals surface area (Å²) in [5.74, 6) is 1.38. The molecule has 0 saturated carbocycles. The second kappa shape index (κ2) is 7.36. The van der Waals surface area contributed by atoms with Gasteiger partial charge in [-0.25, -0.2) is 0 Å². The number of carbonyl (C=O) groups is 1. The first-order chi connectivity index (χ1) is 13.1. The molecule has 0 N–H and O–H groups in total. The number of carbonyl (C=O) groups excluding carboxylic acids is 1. The van der Waals surface area contributed by atoms with Gasteiger partial charge in [0, 0.05) is 50.2 Å². The zero-order valence-corrected chi connectivity index (χ0v) is 15.3. The maximum Gasteiger partial charge on any atom is 0.276 e. The fourth-order valence-electron chi connectivity index (χ4n) is 3.52. The van der Waals surface area contributed by atoms with Gasteiger partial charge in [0.15, 0.2) is 11.5 Å². The molecule has 1 aliphatic rings. The van der Waals surface area contributed by atoms with Gasteiger partial charge in [-0.05, 0) is 6.92 Å². The smallest absolute Gasteiger partial charge is 0.276 e. The first kappa shape index (κ1) is 17.5. The van der Waals surface area contributed by atoms with E-state index in [-0.39, 0.29) is 17.9 Å². The SMILES string of the molecule is CO[C@H]1CN(C(=O)c2cc(-c3ccccc3)on2)C[C@H]1Cc1cc(C)no1. The lowest BCUT2D eigenvalue weighted by molar-refractivity contribution is 0.0666. The molecule has 0 spiro atoms. The fourth-order valence-corrected chi connectivity index (χ4v) is 3.52. The van der Waals surface area contributed by atoms with Crippen molar-refractivity contribution in [1.29, 1.82) is 0 Å². The number of amides is 1. The van der Waals surface area contributed by atoms with Crippen molar-refractivity contribution in [3.63, 3.8) is 0 Å². The van der Waals surface area contributed by atoms with E-state index < -0.39 is 0 Å². The molecule has 7 nitrogen and oxygen atoms in total. The highest BCUT2D eigenvalue weighted by atomic mass is 16.5. The molecular formula is C20H21N3O4. The van der Waals surface area contributed by atoms with Crippen LogP contribution in [0.4, 0.5) is 0 Å². The predicted molar refractivity (Wildman–Crippen MR) is 97.1 cm³/mol. The van der Waals surface area contributed by atoms with Crippen LogP contribution in [0.25, 0.3) is 11.3 Å². The quantitative estimate of drug-likeness (QED) is 0.690. The number of aryl methyl sites for hydroxylation is 1. The maximum absolute atomic E-state index is 12.9. The molecular weight excluding hydrogens is 346 g/mol. The van der Waals surface area contributed by atoms with Crippen LogP contribution in [-0.2, 0) is 11.2 Å². The van der Waals surface area contributed by atoms with Crippen LogP contribution in [0.3, 0.4) is 0 Å². The summed E-state index contributed by atoms with van der Waals surface area (Å²) < 4.78 is 16.3. The number of ether oxygens (including phenoxy) is 1. The number of nitrogens with zero attached hydrogens (tertiary/aromatic N) is 3. The van der Waals surface area contributed by atoms with Crippen LogP contribution < -0.4 is 0 Å². The van der Waals surface area contributed by atoms with Gasteiger partial charge >= 0.3 is 0 Å². The van der Waals surface area contributed by atoms with E-state index in [9.17, 15) is 4.79 Å². The molecule has 1 fully saturated rings. The molecule has 1 amide bonds. The molecule has 3 aromatic rings. The summed E-state index contributed by atoms with van der Waals surface area (Å²) in [4.78, 5) is 14.6. The Morgan fingerprint density at radius 3 is 2.70 bits per heavy atom. The van der Waals surface area contributed by atoms with E-state index in [1.54, 1.807) is 18.1 Å². The first-order valence-electron chi connectivity index (χ1n) is 8.90. The second-order valence-corrected chi connectivity index (χ2v) is 6.83. The molecule has 7 heteroatoms. The van der Waals surface area contributed by atoms with Crippen LogP contribution in [0.5, 0.6) is 0 Å². The predicted octanol–water partition coefficient (Wildman–Crippen LogP) is 2.97. The zero-order chi connectivity index (χ0) is 18.8. The molecule has 2 atom stereocenters. The third-order valence-corrected chi connectivity index (χ3v) is 4.90. The van der Waals surface area contributed by atoms with Crippen molar-refractivity contribution in [1.82, 2.24) is 15.2 Å². The summed E-state index contributed by atoms with van der Waals surface area (Å²) in [7, 11) is 1.67. The van der Waals surface area contributed by atoms with Crippen molar-refractivity contribution in [2.24, 2.45) is 5.92 Å². The monoisotopic (exact) mass is 367 g/mol. The van der Waals surface area contributed by atoms with E-state index in [1.165, 1.54) is 0 Å². The Labute approximate surface area is 156 Å². The second-order valence-electron chi connectivity index (χ2n) is 6.83. The Balaban J connectivity index is 1.47. The fraction of sp³-hybridized carbons (Fsp3) is 0.350. The van der Waals surface area contributed by atoms with Gasteiger partial charge in [-0.3, -0.25) is 4.79 Å². The first-order valence-corrected chi connectivity index (χ1v) is 8.90. The van der Waals surface area contributed by atoms with Crippen molar-refractivity contribution < 1.29 is 18.6 Å². The summed E-state index contributed by atoms with van der Waals surface area (Å²) in [5, 5.41) is 7.89. The van der Waals surface area contributed by atoms with Crippen LogP contribution in [0.15, 0.2) is 51.5 Å². The molecule has 1 aliphatic heterocycles. The summed E-state index contributed by atoms with van der Waals surface area (Å²) in [6.07, 6.45) is 0.622. The van der Waals surface area contributed by atoms with Gasteiger partial charge in [0.05, 0.1) is 11.8 Å². The number of hydrogen-bond donors (Lipinski definition) is 0. The summed E-state index contributed by atoms with van der Waals surface area (Å²) in [6.45, 7) is 2.98. The number of hydrogen-bond acceptors (Lipinski definition) is 6. The van der Waals surface area contributed by atoms with Gasteiger partial charge in [-0.1, -0.05) is 40.6 Å². The minimum Gasteiger partial charge on any atom is -0.379 e. The minimum absolute atomic E-state index is 0.0557. The van der Waals surface area contributed by atoms with Crippen LogP contribution >= 0.6 is 0 Å². The molecule has 0 radical (unpaired) electrons. The van der Waals surface area contributed by atoms with Gasteiger partial charge in [0.1, 0.15) is 5.76 Å². The third-order valence-electron chi connectivity index (χ3n) is 4.90. The van der Waals surface area contributed by atoms with Gasteiger partial charge in [0.2, 0.25) is 0 Å². The number of likely N-dealkylation sites (tertiary alicyclic amines) is 1. The van der Waals surface area contributed by atoms with Gasteiger partial charge < -0.3 is 18.7 Å². The molecule has 3 heterocycles. The maximum atomic E-state index is 12.9. The van der Waals surface area contributed by atoms with E-state index in [4.69, 9.17) is 13.8 Å². The Morgan fingerprint density at radius 1 is 1.19 bits per heavy atom. The summed E-state index contributed by atoms with van der Waals surface area (Å²) in [6, 6.07) is 13.2. The van der Waals surface area contributed by atoms with Crippen molar-refractivity contribution in [3.8, 4) is 11.3 Å². The van der Waals surface area contributed by atoms with Gasteiger partial charge in [0.25, 0.3) is 5.91 Å². The highest BCUT2D eigenvalue weighted by Gasteiger charge is 2.37. The molecule has 0 bridgehead atoms. The number of methoxy groups -OCH3 is 1. The molecule has 4 rings (SSSR count). The largest absolute Gasteiger partial charge is 0.379 e. The normalized spacial score (nSPS) is 19.6. The average Bonchev–Trinajstić information content (AvgIpc) is 3.42. The lowest BCUT2D eigenvalue weighted by Gasteiger charge is -2.14. The number of benzene rings is 1. The van der Waals surface area contributed by atoms with Crippen LogP contribution in [0.1, 0.15) is 21.9 Å². The summed E-state index contributed by atoms with van der Waals surface area (Å²) in [5.41, 5.74) is 2.04. The van der Waals surface area contributed by atoms with E-state index >= 15 is 0 Å². The third kappa shape index (κ3) is 3.64. The Hall–Kier alpha value is -2.93. The number of aromatic nitrogens is 2. The molecule has 1 saturated heterocycles. The van der Waals surface area contributed by atoms with Crippen LogP contribution in [-0.4, -0.2) is 47.4 Å². The Kier molecular flexibility index (Phi) is 4.77. The zero-order valence-electron chi connectivity index (χ0n) is 15.3. The molecule has 0 unspecified atom stereocenters. The van der Waals surface area contributed by atoms with Crippen molar-refractivity contribution in [2.75, 3.05) is 20.2 Å². The molecule has 2 aromatic heterocycles. The minimum atomic E-state index is -0.153. The van der Waals surface area contributed by atoms with E-state index in [1.807, 2.05) is 43.3 Å².